The highest BCUT2D eigenvalue weighted by Gasteiger charge is 2.23. The van der Waals surface area contributed by atoms with Gasteiger partial charge in [0.25, 0.3) is 0 Å². The van der Waals surface area contributed by atoms with Crippen molar-refractivity contribution in [3.8, 4) is 17.3 Å². The van der Waals surface area contributed by atoms with Crippen LogP contribution in [0, 0.1) is 11.3 Å². The molecule has 31 heavy (non-hydrogen) atoms. The second-order valence-electron chi connectivity index (χ2n) is 7.96. The fourth-order valence-electron chi connectivity index (χ4n) is 4.51. The molecule has 0 amide bonds. The number of fused-ring (bicyclic) bond motifs is 1. The van der Waals surface area contributed by atoms with Crippen LogP contribution in [-0.2, 0) is 6.54 Å². The molecule has 0 unspecified atom stereocenters. The van der Waals surface area contributed by atoms with Crippen LogP contribution >= 0.6 is 0 Å². The first-order chi connectivity index (χ1) is 15.3. The number of benzene rings is 3. The number of H-pyrrole nitrogens is 1. The van der Waals surface area contributed by atoms with Gasteiger partial charge in [-0.1, -0.05) is 61.0 Å². The molecule has 1 saturated heterocycles. The summed E-state index contributed by atoms with van der Waals surface area (Å²) in [6, 6.07) is 25.0. The summed E-state index contributed by atoms with van der Waals surface area (Å²) in [6.45, 7) is 2.71. The zero-order valence-corrected chi connectivity index (χ0v) is 17.5. The van der Waals surface area contributed by atoms with Crippen molar-refractivity contribution in [3.05, 3.63) is 84.3 Å². The van der Waals surface area contributed by atoms with Gasteiger partial charge < -0.3 is 9.99 Å². The number of nitriles is 1. The first kappa shape index (κ1) is 19.3. The van der Waals surface area contributed by atoms with Crippen LogP contribution in [0.4, 0.5) is 5.69 Å². The lowest BCUT2D eigenvalue weighted by atomic mass is 10.0. The zero-order valence-electron chi connectivity index (χ0n) is 17.5. The lowest BCUT2D eigenvalue weighted by molar-refractivity contribution is 0.251. The highest BCUT2D eigenvalue weighted by molar-refractivity contribution is 5.97. The first-order valence-corrected chi connectivity index (χ1v) is 10.9. The third-order valence-electron chi connectivity index (χ3n) is 6.03. The highest BCUT2D eigenvalue weighted by Crippen LogP contribution is 2.33. The van der Waals surface area contributed by atoms with E-state index in [9.17, 15) is 5.26 Å². The Balaban J connectivity index is 1.53. The van der Waals surface area contributed by atoms with Gasteiger partial charge in [-0.05, 0) is 25.0 Å². The van der Waals surface area contributed by atoms with E-state index in [1.165, 1.54) is 12.8 Å². The van der Waals surface area contributed by atoms with Crippen LogP contribution in [0.1, 0.15) is 30.5 Å². The van der Waals surface area contributed by atoms with Gasteiger partial charge in [0.05, 0.1) is 41.6 Å². The molecule has 5 heteroatoms. The molecule has 1 N–H and O–H groups in total. The van der Waals surface area contributed by atoms with Crippen LogP contribution in [0.15, 0.2) is 73.1 Å². The quantitative estimate of drug-likeness (QED) is 0.485. The van der Waals surface area contributed by atoms with Crippen molar-refractivity contribution >= 4 is 16.5 Å². The molecular weight excluding hydrogens is 382 g/mol. The first-order valence-electron chi connectivity index (χ1n) is 10.9. The lowest BCUT2D eigenvalue weighted by Gasteiger charge is -2.36. The average Bonchev–Trinajstić information content (AvgIpc) is 3.17. The molecule has 5 nitrogen and oxygen atoms in total. The molecule has 154 valence electrons. The van der Waals surface area contributed by atoms with E-state index >= 15 is 0 Å². The molecule has 0 atom stereocenters. The number of hydrazine groups is 1. The number of nitrogens with zero attached hydrogens (tertiary/aromatic N) is 4. The predicted octanol–water partition coefficient (Wildman–Crippen LogP) is 5.51. The summed E-state index contributed by atoms with van der Waals surface area (Å²) < 4.78 is 0. The number of hydrogen-bond acceptors (Lipinski definition) is 4. The number of rotatable bonds is 4. The molecule has 4 aromatic rings. The highest BCUT2D eigenvalue weighted by atomic mass is 15.6. The minimum absolute atomic E-state index is 0.723. The molecule has 0 saturated carbocycles. The molecule has 1 aromatic heterocycles. The summed E-state index contributed by atoms with van der Waals surface area (Å²) >= 11 is 0. The van der Waals surface area contributed by atoms with Gasteiger partial charge in [0.15, 0.2) is 0 Å². The Morgan fingerprint density at radius 3 is 2.48 bits per heavy atom. The van der Waals surface area contributed by atoms with Crippen LogP contribution in [0.3, 0.4) is 0 Å². The Hall–Kier alpha value is -3.62. The monoisotopic (exact) mass is 407 g/mol. The number of nitrogens with one attached hydrogen (secondary N) is 1. The van der Waals surface area contributed by atoms with Crippen molar-refractivity contribution in [2.24, 2.45) is 0 Å². The normalized spacial score (nSPS) is 15.0. The largest absolute Gasteiger partial charge is 0.347 e. The van der Waals surface area contributed by atoms with E-state index in [0.717, 1.165) is 65.0 Å². The number of aromatic amines is 1. The molecule has 1 aliphatic rings. The average molecular weight is 408 g/mol. The van der Waals surface area contributed by atoms with Crippen LogP contribution in [0.2, 0.25) is 0 Å². The number of aromatic nitrogens is 2. The minimum atomic E-state index is 0.723. The molecule has 0 aliphatic carbocycles. The van der Waals surface area contributed by atoms with Gasteiger partial charge in [-0.15, -0.1) is 0 Å². The maximum Gasteiger partial charge on any atom is 0.0998 e. The number of hydrogen-bond donors (Lipinski definition) is 1. The molecule has 3 aromatic carbocycles. The standard InChI is InChI=1S/C26H25N5/c27-17-21-13-14-25(23-12-6-5-11-22(21)23)31-16-8-2-7-15-30(31)18-24-26(29-19-28-24)20-9-3-1-4-10-20/h1,3-6,9-14,19H,2,7-8,15-16,18H2,(H,28,29). The maximum atomic E-state index is 9.56. The van der Waals surface area contributed by atoms with Gasteiger partial charge in [-0.2, -0.15) is 5.26 Å². The van der Waals surface area contributed by atoms with Gasteiger partial charge >= 0.3 is 0 Å². The van der Waals surface area contributed by atoms with E-state index in [0.29, 0.717) is 0 Å². The summed E-state index contributed by atoms with van der Waals surface area (Å²) in [7, 11) is 0. The third-order valence-corrected chi connectivity index (χ3v) is 6.03. The fourth-order valence-corrected chi connectivity index (χ4v) is 4.51. The van der Waals surface area contributed by atoms with E-state index in [4.69, 9.17) is 0 Å². The molecule has 1 fully saturated rings. The number of imidazole rings is 1. The van der Waals surface area contributed by atoms with Crippen molar-refractivity contribution in [1.82, 2.24) is 15.0 Å². The Morgan fingerprint density at radius 1 is 0.871 bits per heavy atom. The smallest absolute Gasteiger partial charge is 0.0998 e. The predicted molar refractivity (Wildman–Crippen MR) is 124 cm³/mol. The number of anilines is 1. The van der Waals surface area contributed by atoms with Crippen molar-refractivity contribution in [1.29, 1.82) is 5.26 Å². The summed E-state index contributed by atoms with van der Waals surface area (Å²) in [6.07, 6.45) is 5.32. The van der Waals surface area contributed by atoms with Crippen molar-refractivity contribution in [3.63, 3.8) is 0 Å². The summed E-state index contributed by atoms with van der Waals surface area (Å²) in [5.74, 6) is 0. The molecular formula is C26H25N5. The van der Waals surface area contributed by atoms with Gasteiger partial charge in [0.2, 0.25) is 0 Å². The lowest BCUT2D eigenvalue weighted by Crippen LogP contribution is -2.42. The van der Waals surface area contributed by atoms with Crippen LogP contribution in [0.5, 0.6) is 0 Å². The molecule has 0 spiro atoms. The van der Waals surface area contributed by atoms with Crippen LogP contribution in [0.25, 0.3) is 22.0 Å². The van der Waals surface area contributed by atoms with Crippen LogP contribution < -0.4 is 5.01 Å². The summed E-state index contributed by atoms with van der Waals surface area (Å²) in [5.41, 5.74) is 5.15. The Bertz CT molecular complexity index is 1220. The van der Waals surface area contributed by atoms with Crippen LogP contribution in [-0.4, -0.2) is 28.1 Å². The molecule has 2 heterocycles. The van der Waals surface area contributed by atoms with E-state index in [2.05, 4.69) is 68.5 Å². The summed E-state index contributed by atoms with van der Waals surface area (Å²) in [4.78, 5) is 7.99. The molecule has 0 radical (unpaired) electrons. The Morgan fingerprint density at radius 2 is 1.65 bits per heavy atom. The molecule has 5 rings (SSSR count). The van der Waals surface area contributed by atoms with Crippen molar-refractivity contribution in [2.75, 3.05) is 18.1 Å². The zero-order chi connectivity index (χ0) is 21.0. The Kier molecular flexibility index (Phi) is 5.39. The van der Waals surface area contributed by atoms with E-state index in [-0.39, 0.29) is 0 Å². The SMILES string of the molecule is N#Cc1ccc(N2CCCCCN2Cc2[nH]cnc2-c2ccccc2)c2ccccc12. The van der Waals surface area contributed by atoms with Gasteiger partial charge in [-0.3, -0.25) is 0 Å². The van der Waals surface area contributed by atoms with Gasteiger partial charge in [-0.25, -0.2) is 9.99 Å². The fraction of sp³-hybridized carbons (Fsp3) is 0.231. The second kappa shape index (κ2) is 8.63. The van der Waals surface area contributed by atoms with E-state index in [1.807, 2.05) is 24.3 Å². The van der Waals surface area contributed by atoms with E-state index < -0.39 is 0 Å². The minimum Gasteiger partial charge on any atom is -0.347 e. The topological polar surface area (TPSA) is 59.0 Å². The molecule has 0 bridgehead atoms. The van der Waals surface area contributed by atoms with Crippen molar-refractivity contribution < 1.29 is 0 Å². The summed E-state index contributed by atoms with van der Waals surface area (Å²) in [5, 5.41) is 16.5. The second-order valence-corrected chi connectivity index (χ2v) is 7.96. The van der Waals surface area contributed by atoms with Gasteiger partial charge in [0, 0.05) is 29.4 Å². The Labute approximate surface area is 182 Å². The third kappa shape index (κ3) is 3.78. The van der Waals surface area contributed by atoms with Crippen molar-refractivity contribution in [2.45, 2.75) is 25.8 Å². The maximum absolute atomic E-state index is 9.56. The van der Waals surface area contributed by atoms with Gasteiger partial charge in [0.1, 0.15) is 0 Å². The molecule has 1 aliphatic heterocycles. The van der Waals surface area contributed by atoms with E-state index in [1.54, 1.807) is 6.33 Å².